The molecule has 26 heavy (non-hydrogen) atoms. The number of piperidine rings is 1. The van der Waals surface area contributed by atoms with Crippen molar-refractivity contribution in [2.75, 3.05) is 31.1 Å². The number of pyridine rings is 1. The van der Waals surface area contributed by atoms with E-state index in [9.17, 15) is 0 Å². The summed E-state index contributed by atoms with van der Waals surface area (Å²) in [5.41, 5.74) is 1.72. The van der Waals surface area contributed by atoms with Crippen LogP contribution in [-0.4, -0.2) is 37.1 Å². The average Bonchev–Trinajstić information content (AvgIpc) is 2.66. The van der Waals surface area contributed by atoms with Crippen molar-refractivity contribution in [3.8, 4) is 0 Å². The second kappa shape index (κ2) is 9.24. The van der Waals surface area contributed by atoms with E-state index in [-0.39, 0.29) is 0 Å². The largest absolute Gasteiger partial charge is 0.357 e. The number of nitrogens with zero attached hydrogens (tertiary/aromatic N) is 3. The molecule has 0 amide bonds. The van der Waals surface area contributed by atoms with Crippen molar-refractivity contribution in [3.63, 3.8) is 0 Å². The molecule has 1 saturated heterocycles. The zero-order valence-corrected chi connectivity index (χ0v) is 16.6. The zero-order chi connectivity index (χ0) is 18.2. The summed E-state index contributed by atoms with van der Waals surface area (Å²) < 4.78 is 0. The number of anilines is 1. The quantitative estimate of drug-likeness (QED) is 0.577. The first kappa shape index (κ1) is 19.0. The molecule has 2 aliphatic rings. The van der Waals surface area contributed by atoms with Gasteiger partial charge in [0.15, 0.2) is 5.96 Å². The molecule has 1 aromatic rings. The Labute approximate surface area is 158 Å². The van der Waals surface area contributed by atoms with Crippen LogP contribution < -0.4 is 15.5 Å². The van der Waals surface area contributed by atoms with Gasteiger partial charge in [0.1, 0.15) is 5.82 Å². The van der Waals surface area contributed by atoms with Crippen molar-refractivity contribution < 1.29 is 0 Å². The van der Waals surface area contributed by atoms with E-state index < -0.39 is 0 Å². The summed E-state index contributed by atoms with van der Waals surface area (Å²) in [5.74, 6) is 2.04. The van der Waals surface area contributed by atoms with E-state index >= 15 is 0 Å². The van der Waals surface area contributed by atoms with Crippen LogP contribution >= 0.6 is 0 Å². The number of aliphatic imine (C=N–C) groups is 1. The predicted octanol–water partition coefficient (Wildman–Crippen LogP) is 3.71. The number of rotatable bonds is 7. The fourth-order valence-corrected chi connectivity index (χ4v) is 3.97. The minimum Gasteiger partial charge on any atom is -0.357 e. The molecule has 0 bridgehead atoms. The molecule has 0 spiro atoms. The monoisotopic (exact) mass is 357 g/mol. The Morgan fingerprint density at radius 3 is 2.62 bits per heavy atom. The van der Waals surface area contributed by atoms with Gasteiger partial charge in [-0.2, -0.15) is 0 Å². The lowest BCUT2D eigenvalue weighted by molar-refractivity contribution is 0.131. The molecule has 3 rings (SSSR count). The average molecular weight is 358 g/mol. The highest BCUT2D eigenvalue weighted by Crippen LogP contribution is 2.42. The Morgan fingerprint density at radius 2 is 1.96 bits per heavy atom. The van der Waals surface area contributed by atoms with Gasteiger partial charge in [0.2, 0.25) is 0 Å². The number of hydrogen-bond acceptors (Lipinski definition) is 3. The lowest BCUT2D eigenvalue weighted by Crippen LogP contribution is -2.46. The first-order chi connectivity index (χ1) is 12.7. The van der Waals surface area contributed by atoms with Crippen LogP contribution in [0.4, 0.5) is 5.82 Å². The van der Waals surface area contributed by atoms with Crippen molar-refractivity contribution in [3.05, 3.63) is 23.9 Å². The minimum absolute atomic E-state index is 0.494. The number of nitrogens with one attached hydrogen (secondary N) is 2. The Kier molecular flexibility index (Phi) is 6.75. The van der Waals surface area contributed by atoms with E-state index in [0.717, 1.165) is 38.0 Å². The van der Waals surface area contributed by atoms with E-state index in [1.54, 1.807) is 0 Å². The van der Waals surface area contributed by atoms with Gasteiger partial charge in [0, 0.05) is 32.4 Å². The van der Waals surface area contributed by atoms with Gasteiger partial charge in [0.25, 0.3) is 0 Å². The van der Waals surface area contributed by atoms with Gasteiger partial charge in [0.05, 0.1) is 6.54 Å². The smallest absolute Gasteiger partial charge is 0.191 e. The maximum atomic E-state index is 4.81. The van der Waals surface area contributed by atoms with Crippen molar-refractivity contribution >= 4 is 11.8 Å². The maximum Gasteiger partial charge on any atom is 0.191 e. The molecule has 5 nitrogen and oxygen atoms in total. The third-order valence-electron chi connectivity index (χ3n) is 6.05. The van der Waals surface area contributed by atoms with Gasteiger partial charge >= 0.3 is 0 Å². The van der Waals surface area contributed by atoms with Gasteiger partial charge < -0.3 is 15.5 Å². The molecule has 5 heteroatoms. The van der Waals surface area contributed by atoms with E-state index in [4.69, 9.17) is 4.99 Å². The van der Waals surface area contributed by atoms with Crippen LogP contribution in [0.5, 0.6) is 0 Å². The van der Waals surface area contributed by atoms with Gasteiger partial charge in [-0.25, -0.2) is 9.98 Å². The molecule has 2 heterocycles. The van der Waals surface area contributed by atoms with Crippen molar-refractivity contribution in [1.29, 1.82) is 0 Å². The molecule has 0 unspecified atom stereocenters. The van der Waals surface area contributed by atoms with Gasteiger partial charge in [-0.3, -0.25) is 0 Å². The molecule has 0 aromatic carbocycles. The molecular formula is C21H35N5. The van der Waals surface area contributed by atoms with Crippen molar-refractivity contribution in [2.24, 2.45) is 10.4 Å². The highest BCUT2D eigenvalue weighted by molar-refractivity contribution is 5.79. The van der Waals surface area contributed by atoms with Crippen LogP contribution in [0.3, 0.4) is 0 Å². The van der Waals surface area contributed by atoms with E-state index in [1.807, 2.05) is 6.20 Å². The summed E-state index contributed by atoms with van der Waals surface area (Å²) >= 11 is 0. The number of guanidine groups is 1. The summed E-state index contributed by atoms with van der Waals surface area (Å²) in [4.78, 5) is 11.8. The Bertz CT molecular complexity index is 582. The molecule has 1 aromatic heterocycles. The second-order valence-electron chi connectivity index (χ2n) is 7.83. The molecule has 1 aliphatic carbocycles. The lowest BCUT2D eigenvalue weighted by atomic mass is 9.67. The molecule has 144 valence electrons. The summed E-state index contributed by atoms with van der Waals surface area (Å²) in [7, 11) is 0. The van der Waals surface area contributed by atoms with E-state index in [2.05, 4.69) is 46.5 Å². The molecule has 1 aliphatic heterocycles. The summed E-state index contributed by atoms with van der Waals surface area (Å²) in [6.45, 7) is 9.30. The maximum absolute atomic E-state index is 4.81. The van der Waals surface area contributed by atoms with Crippen molar-refractivity contribution in [2.45, 2.75) is 65.3 Å². The van der Waals surface area contributed by atoms with Crippen LogP contribution in [0.1, 0.15) is 64.4 Å². The number of aromatic nitrogens is 1. The van der Waals surface area contributed by atoms with Gasteiger partial charge in [-0.1, -0.05) is 13.3 Å². The summed E-state index contributed by atoms with van der Waals surface area (Å²) in [6.07, 6.45) is 11.1. The second-order valence-corrected chi connectivity index (χ2v) is 7.83. The Balaban J connectivity index is 1.59. The fourth-order valence-electron chi connectivity index (χ4n) is 3.97. The standard InChI is InChI=1S/C21H35N5/c1-3-21(10-8-11-21)17-25-20(22-4-2)24-16-18-9-12-23-19(15-18)26-13-6-5-7-14-26/h9,12,15H,3-8,10-11,13-14,16-17H2,1-2H3,(H2,22,24,25). The van der Waals surface area contributed by atoms with Crippen LogP contribution in [0.25, 0.3) is 0 Å². The minimum atomic E-state index is 0.494. The summed E-state index contributed by atoms with van der Waals surface area (Å²) in [6, 6.07) is 4.29. The normalized spacial score (nSPS) is 19.8. The van der Waals surface area contributed by atoms with E-state index in [0.29, 0.717) is 12.0 Å². The number of hydrogen-bond donors (Lipinski definition) is 2. The topological polar surface area (TPSA) is 52.6 Å². The van der Waals surface area contributed by atoms with Crippen molar-refractivity contribution in [1.82, 2.24) is 15.6 Å². The third kappa shape index (κ3) is 4.89. The van der Waals surface area contributed by atoms with E-state index in [1.165, 1.54) is 50.5 Å². The Morgan fingerprint density at radius 1 is 1.15 bits per heavy atom. The van der Waals surface area contributed by atoms with Crippen LogP contribution in [0.2, 0.25) is 0 Å². The molecular weight excluding hydrogens is 322 g/mol. The van der Waals surface area contributed by atoms with Gasteiger partial charge in [-0.05, 0) is 68.6 Å². The molecule has 0 atom stereocenters. The highest BCUT2D eigenvalue weighted by atomic mass is 15.2. The van der Waals surface area contributed by atoms with Crippen LogP contribution in [0, 0.1) is 5.41 Å². The van der Waals surface area contributed by atoms with Crippen LogP contribution in [-0.2, 0) is 6.54 Å². The predicted molar refractivity (Wildman–Crippen MR) is 110 cm³/mol. The molecule has 1 saturated carbocycles. The first-order valence-corrected chi connectivity index (χ1v) is 10.5. The lowest BCUT2D eigenvalue weighted by Gasteiger charge is -2.41. The Hall–Kier alpha value is -1.78. The molecule has 2 N–H and O–H groups in total. The third-order valence-corrected chi connectivity index (χ3v) is 6.05. The SMILES string of the molecule is CCNC(=NCc1ccnc(N2CCCCC2)c1)NCC1(CC)CCC1. The first-order valence-electron chi connectivity index (χ1n) is 10.5. The fraction of sp³-hybridized carbons (Fsp3) is 0.714. The van der Waals surface area contributed by atoms with Crippen LogP contribution in [0.15, 0.2) is 23.3 Å². The summed E-state index contributed by atoms with van der Waals surface area (Å²) in [5, 5.41) is 6.96. The molecule has 2 fully saturated rings. The molecule has 0 radical (unpaired) electrons. The zero-order valence-electron chi connectivity index (χ0n) is 16.6. The van der Waals surface area contributed by atoms with Gasteiger partial charge in [-0.15, -0.1) is 0 Å². The highest BCUT2D eigenvalue weighted by Gasteiger charge is 2.34.